The molecule has 6 nitrogen and oxygen atoms in total. The van der Waals surface area contributed by atoms with Crippen LogP contribution >= 0.6 is 0 Å². The van der Waals surface area contributed by atoms with Gasteiger partial charge in [-0.25, -0.2) is 0 Å². The molecule has 1 saturated heterocycles. The van der Waals surface area contributed by atoms with E-state index in [0.717, 1.165) is 0 Å². The predicted molar refractivity (Wildman–Crippen MR) is 59.9 cm³/mol. The maximum absolute atomic E-state index is 9.84. The summed E-state index contributed by atoms with van der Waals surface area (Å²) in [7, 11) is 3.36. The van der Waals surface area contributed by atoms with Gasteiger partial charge >= 0.3 is 0 Å². The van der Waals surface area contributed by atoms with Crippen molar-refractivity contribution in [3.05, 3.63) is 0 Å². The van der Waals surface area contributed by atoms with E-state index in [9.17, 15) is 5.11 Å². The monoisotopic (exact) mass is 233 g/mol. The lowest BCUT2D eigenvalue weighted by molar-refractivity contribution is -0.0835. The Morgan fingerprint density at radius 3 is 2.69 bits per heavy atom. The maximum atomic E-state index is 9.84. The van der Waals surface area contributed by atoms with Crippen molar-refractivity contribution in [3.8, 4) is 0 Å². The van der Waals surface area contributed by atoms with E-state index in [1.54, 1.807) is 15.0 Å². The molecule has 0 aromatic heterocycles. The van der Waals surface area contributed by atoms with E-state index in [4.69, 9.17) is 25.1 Å². The second-order valence-corrected chi connectivity index (χ2v) is 3.97. The molecule has 0 bridgehead atoms. The Balaban J connectivity index is 2.52. The average Bonchev–Trinajstić information content (AvgIpc) is 2.55. The molecule has 1 heterocycles. The number of rotatable bonds is 6. The van der Waals surface area contributed by atoms with Crippen molar-refractivity contribution in [2.75, 3.05) is 26.9 Å². The number of hydrogen-bond donors (Lipinski definition) is 3. The highest BCUT2D eigenvalue weighted by molar-refractivity contribution is 6.11. The summed E-state index contributed by atoms with van der Waals surface area (Å²) >= 11 is 0. The lowest BCUT2D eigenvalue weighted by atomic mass is 9.92. The normalized spacial score (nSPS) is 36.5. The number of ether oxygens (including phenoxy) is 3. The van der Waals surface area contributed by atoms with Crippen molar-refractivity contribution in [2.24, 2.45) is 5.73 Å². The van der Waals surface area contributed by atoms with E-state index in [2.05, 4.69) is 0 Å². The van der Waals surface area contributed by atoms with Crippen LogP contribution in [0.3, 0.4) is 0 Å². The Morgan fingerprint density at radius 1 is 1.56 bits per heavy atom. The van der Waals surface area contributed by atoms with E-state index in [-0.39, 0.29) is 18.7 Å². The van der Waals surface area contributed by atoms with Crippen LogP contribution in [0.15, 0.2) is 0 Å². The lowest BCUT2D eigenvalue weighted by Crippen LogP contribution is -2.42. The molecule has 94 valence electrons. The SMILES string of the molecule is B[C@@H]1O[C@H](CO)C(O)[C@@H]1OC(CN)COC. The first kappa shape index (κ1) is 13.9. The van der Waals surface area contributed by atoms with Gasteiger partial charge in [0.1, 0.15) is 26.2 Å². The molecule has 1 aliphatic heterocycles. The molecule has 16 heavy (non-hydrogen) atoms. The highest BCUT2D eigenvalue weighted by Crippen LogP contribution is 2.23. The molecule has 4 N–H and O–H groups in total. The minimum absolute atomic E-state index is 0.219. The van der Waals surface area contributed by atoms with E-state index >= 15 is 0 Å². The van der Waals surface area contributed by atoms with E-state index in [0.29, 0.717) is 13.2 Å². The third-order valence-electron chi connectivity index (χ3n) is 2.71. The zero-order valence-electron chi connectivity index (χ0n) is 9.70. The number of hydrogen-bond acceptors (Lipinski definition) is 6. The van der Waals surface area contributed by atoms with E-state index < -0.39 is 18.3 Å². The standard InChI is InChI=1S/C9H20BNO5/c1-14-4-5(2-11)15-8-7(13)6(3-12)16-9(8)10/h5-9,12-13H,2-4,10-11H2,1H3/t5?,6-,7?,8+,9-/m1/s1. The first-order valence-corrected chi connectivity index (χ1v) is 5.42. The summed E-state index contributed by atoms with van der Waals surface area (Å²) in [5, 5.41) is 18.8. The Hall–Kier alpha value is -0.175. The van der Waals surface area contributed by atoms with Crippen LogP contribution in [0.1, 0.15) is 0 Å². The van der Waals surface area contributed by atoms with Gasteiger partial charge in [0.2, 0.25) is 0 Å². The van der Waals surface area contributed by atoms with Crippen molar-refractivity contribution < 1.29 is 24.4 Å². The Labute approximate surface area is 96.1 Å². The lowest BCUT2D eigenvalue weighted by Gasteiger charge is -2.24. The van der Waals surface area contributed by atoms with Crippen LogP contribution in [0.5, 0.6) is 0 Å². The van der Waals surface area contributed by atoms with Gasteiger partial charge < -0.3 is 30.2 Å². The number of aliphatic hydroxyl groups is 2. The molecule has 1 aliphatic rings. The molecular weight excluding hydrogens is 213 g/mol. The summed E-state index contributed by atoms with van der Waals surface area (Å²) in [6, 6.07) is -0.266. The quantitative estimate of drug-likeness (QED) is 0.425. The second-order valence-electron chi connectivity index (χ2n) is 3.97. The van der Waals surface area contributed by atoms with Crippen LogP contribution in [0.2, 0.25) is 0 Å². The van der Waals surface area contributed by atoms with Crippen LogP contribution in [-0.2, 0) is 14.2 Å². The summed E-state index contributed by atoms with van der Waals surface area (Å²) in [5.74, 6) is 0. The molecule has 0 spiro atoms. The van der Waals surface area contributed by atoms with Gasteiger partial charge in [-0.05, 0) is 0 Å². The fraction of sp³-hybridized carbons (Fsp3) is 1.00. The molecule has 0 aliphatic carbocycles. The predicted octanol–water partition coefficient (Wildman–Crippen LogP) is -2.94. The van der Waals surface area contributed by atoms with E-state index in [1.165, 1.54) is 0 Å². The Kier molecular flexibility index (Phi) is 5.67. The molecule has 1 fully saturated rings. The van der Waals surface area contributed by atoms with Crippen LogP contribution < -0.4 is 5.73 Å². The Bertz CT molecular complexity index is 208. The second kappa shape index (κ2) is 6.53. The van der Waals surface area contributed by atoms with Crippen LogP contribution in [-0.4, -0.2) is 75.3 Å². The summed E-state index contributed by atoms with van der Waals surface area (Å²) in [6.07, 6.45) is -2.15. The molecule has 0 radical (unpaired) electrons. The highest BCUT2D eigenvalue weighted by Gasteiger charge is 2.42. The van der Waals surface area contributed by atoms with Gasteiger partial charge in [0.15, 0.2) is 0 Å². The third-order valence-corrected chi connectivity index (χ3v) is 2.71. The van der Waals surface area contributed by atoms with E-state index in [1.807, 2.05) is 0 Å². The number of methoxy groups -OCH3 is 1. The molecule has 5 atom stereocenters. The largest absolute Gasteiger partial charge is 0.394 e. The minimum atomic E-state index is -0.828. The van der Waals surface area contributed by atoms with Crippen molar-refractivity contribution in [1.29, 1.82) is 0 Å². The van der Waals surface area contributed by atoms with Gasteiger partial charge in [-0.1, -0.05) is 0 Å². The summed E-state index contributed by atoms with van der Waals surface area (Å²) < 4.78 is 15.9. The van der Waals surface area contributed by atoms with Crippen LogP contribution in [0, 0.1) is 0 Å². The van der Waals surface area contributed by atoms with Gasteiger partial charge in [-0.15, -0.1) is 0 Å². The number of aliphatic hydroxyl groups excluding tert-OH is 2. The molecule has 0 aromatic rings. The summed E-state index contributed by atoms with van der Waals surface area (Å²) in [6.45, 7) is 0.465. The molecule has 0 saturated carbocycles. The molecule has 1 rings (SSSR count). The topological polar surface area (TPSA) is 94.2 Å². The zero-order valence-corrected chi connectivity index (χ0v) is 9.70. The fourth-order valence-electron chi connectivity index (χ4n) is 1.84. The van der Waals surface area contributed by atoms with Crippen molar-refractivity contribution >= 4 is 7.85 Å². The van der Waals surface area contributed by atoms with Crippen molar-refractivity contribution in [3.63, 3.8) is 0 Å². The highest BCUT2D eigenvalue weighted by atomic mass is 16.6. The first-order chi connectivity index (χ1) is 7.63. The Morgan fingerprint density at radius 2 is 2.25 bits per heavy atom. The van der Waals surface area contributed by atoms with Crippen molar-refractivity contribution in [2.45, 2.75) is 30.4 Å². The maximum Gasteiger partial charge on any atom is 0.142 e. The first-order valence-electron chi connectivity index (χ1n) is 5.42. The van der Waals surface area contributed by atoms with Crippen LogP contribution in [0.25, 0.3) is 0 Å². The number of nitrogens with two attached hydrogens (primary N) is 1. The molecule has 0 amide bonds. The molecule has 2 unspecified atom stereocenters. The molecular formula is C9H20BNO5. The molecule has 7 heteroatoms. The van der Waals surface area contributed by atoms with Crippen LogP contribution in [0.4, 0.5) is 0 Å². The van der Waals surface area contributed by atoms with Gasteiger partial charge in [0, 0.05) is 13.7 Å². The fourth-order valence-corrected chi connectivity index (χ4v) is 1.84. The van der Waals surface area contributed by atoms with Gasteiger partial charge in [-0.3, -0.25) is 0 Å². The zero-order chi connectivity index (χ0) is 12.1. The van der Waals surface area contributed by atoms with Gasteiger partial charge in [-0.2, -0.15) is 0 Å². The minimum Gasteiger partial charge on any atom is -0.394 e. The van der Waals surface area contributed by atoms with Gasteiger partial charge in [0.05, 0.1) is 25.3 Å². The third kappa shape index (κ3) is 3.16. The molecule has 0 aromatic carbocycles. The van der Waals surface area contributed by atoms with Crippen molar-refractivity contribution in [1.82, 2.24) is 0 Å². The van der Waals surface area contributed by atoms with Gasteiger partial charge in [0.25, 0.3) is 0 Å². The summed E-state index contributed by atoms with van der Waals surface area (Å²) in [4.78, 5) is 0. The summed E-state index contributed by atoms with van der Waals surface area (Å²) in [5.41, 5.74) is 5.52. The smallest absolute Gasteiger partial charge is 0.142 e. The average molecular weight is 233 g/mol.